The second-order valence-corrected chi connectivity index (χ2v) is 10.7. The van der Waals surface area contributed by atoms with Crippen molar-refractivity contribution in [1.29, 1.82) is 0 Å². The fraction of sp³-hybridized carbons (Fsp3) is 0.406. The van der Waals surface area contributed by atoms with Crippen LogP contribution in [0.2, 0.25) is 0 Å². The van der Waals surface area contributed by atoms with E-state index in [9.17, 15) is 9.90 Å². The molecule has 2 aliphatic rings. The summed E-state index contributed by atoms with van der Waals surface area (Å²) in [4.78, 5) is 13.7. The molecule has 188 valence electrons. The number of fused-ring (bicyclic) bond motifs is 2. The Kier molecular flexibility index (Phi) is 7.31. The van der Waals surface area contributed by atoms with Crippen molar-refractivity contribution in [3.63, 3.8) is 0 Å². The zero-order valence-electron chi connectivity index (χ0n) is 21.3. The third kappa shape index (κ3) is 5.43. The average Bonchev–Trinajstić information content (AvgIpc) is 3.25. The number of rotatable bonds is 9. The number of hydrogen-bond donors (Lipinski definition) is 1. The van der Waals surface area contributed by atoms with Gasteiger partial charge in [0.25, 0.3) is 0 Å². The van der Waals surface area contributed by atoms with Crippen LogP contribution in [0.15, 0.2) is 72.8 Å². The smallest absolute Gasteiger partial charge is 0.306 e. The van der Waals surface area contributed by atoms with E-state index in [1.807, 2.05) is 0 Å². The molecule has 3 aromatic rings. The van der Waals surface area contributed by atoms with Gasteiger partial charge in [-0.1, -0.05) is 48.5 Å². The highest BCUT2D eigenvalue weighted by Gasteiger charge is 2.43. The molecule has 0 aliphatic heterocycles. The first-order valence-corrected chi connectivity index (χ1v) is 13.4. The largest absolute Gasteiger partial charge is 0.489 e. The molecule has 0 saturated heterocycles. The molecule has 1 spiro atoms. The van der Waals surface area contributed by atoms with Crippen molar-refractivity contribution >= 4 is 11.7 Å². The Balaban J connectivity index is 1.19. The molecule has 36 heavy (non-hydrogen) atoms. The van der Waals surface area contributed by atoms with Crippen LogP contribution < -0.4 is 9.64 Å². The molecule has 1 fully saturated rings. The van der Waals surface area contributed by atoms with Crippen molar-refractivity contribution in [2.45, 2.75) is 63.4 Å². The molecule has 5 rings (SSSR count). The summed E-state index contributed by atoms with van der Waals surface area (Å²) < 4.78 is 6.27. The standard InChI is InChI=1S/C32H37NO3/c1-33(20-6-10-24-7-3-2-4-8-24)28-11-5-9-25(21-28)23-36-29-13-12-26-14-17-32(30(26)22-29)18-15-27(16-19-32)31(34)35/h2-5,7-9,11-13,21-22,27H,6,10,14-20,23H2,1H3,(H,34,35). The van der Waals surface area contributed by atoms with E-state index in [1.165, 1.54) is 27.9 Å². The lowest BCUT2D eigenvalue weighted by Gasteiger charge is -2.37. The van der Waals surface area contributed by atoms with E-state index in [-0.39, 0.29) is 11.3 Å². The van der Waals surface area contributed by atoms with Gasteiger partial charge in [-0.05, 0) is 103 Å². The molecule has 1 N–H and O–H groups in total. The molecule has 0 heterocycles. The lowest BCUT2D eigenvalue weighted by atomic mass is 9.67. The molecule has 0 unspecified atom stereocenters. The first-order valence-electron chi connectivity index (χ1n) is 13.4. The minimum atomic E-state index is -0.635. The molecule has 0 radical (unpaired) electrons. The van der Waals surface area contributed by atoms with E-state index >= 15 is 0 Å². The van der Waals surface area contributed by atoms with E-state index in [1.54, 1.807) is 0 Å². The summed E-state index contributed by atoms with van der Waals surface area (Å²) >= 11 is 0. The Morgan fingerprint density at radius 3 is 2.53 bits per heavy atom. The van der Waals surface area contributed by atoms with Crippen molar-refractivity contribution < 1.29 is 14.6 Å². The Hall–Kier alpha value is -3.27. The maximum Gasteiger partial charge on any atom is 0.306 e. The average molecular weight is 484 g/mol. The van der Waals surface area contributed by atoms with Gasteiger partial charge in [0.05, 0.1) is 5.92 Å². The Morgan fingerprint density at radius 2 is 1.75 bits per heavy atom. The van der Waals surface area contributed by atoms with Gasteiger partial charge in [0.15, 0.2) is 0 Å². The maximum absolute atomic E-state index is 11.4. The number of ether oxygens (including phenoxy) is 1. The molecule has 0 aromatic heterocycles. The van der Waals surface area contributed by atoms with Crippen molar-refractivity contribution in [1.82, 2.24) is 0 Å². The Labute approximate surface area is 214 Å². The van der Waals surface area contributed by atoms with E-state index in [4.69, 9.17) is 4.74 Å². The second kappa shape index (κ2) is 10.8. The molecule has 0 bridgehead atoms. The fourth-order valence-corrected chi connectivity index (χ4v) is 6.15. The van der Waals surface area contributed by atoms with Crippen LogP contribution in [0.1, 0.15) is 60.8 Å². The van der Waals surface area contributed by atoms with Crippen LogP contribution in [0.4, 0.5) is 5.69 Å². The van der Waals surface area contributed by atoms with Gasteiger partial charge >= 0.3 is 5.97 Å². The van der Waals surface area contributed by atoms with Crippen LogP contribution in [-0.4, -0.2) is 24.7 Å². The molecule has 2 aliphatic carbocycles. The normalized spacial score (nSPS) is 20.8. The van der Waals surface area contributed by atoms with Gasteiger partial charge in [-0.3, -0.25) is 4.79 Å². The van der Waals surface area contributed by atoms with Crippen LogP contribution in [0.25, 0.3) is 0 Å². The van der Waals surface area contributed by atoms with Crippen LogP contribution in [-0.2, 0) is 29.7 Å². The van der Waals surface area contributed by atoms with Gasteiger partial charge in [-0.25, -0.2) is 0 Å². The molecule has 3 aromatic carbocycles. The number of aliphatic carboxylic acids is 1. The number of hydrogen-bond acceptors (Lipinski definition) is 3. The van der Waals surface area contributed by atoms with Gasteiger partial charge < -0.3 is 14.7 Å². The van der Waals surface area contributed by atoms with Crippen molar-refractivity contribution in [2.75, 3.05) is 18.5 Å². The van der Waals surface area contributed by atoms with Gasteiger partial charge in [0.1, 0.15) is 12.4 Å². The van der Waals surface area contributed by atoms with Gasteiger partial charge in [-0.2, -0.15) is 0 Å². The number of carboxylic acid groups (broad SMARTS) is 1. The first kappa shape index (κ1) is 24.4. The van der Waals surface area contributed by atoms with Gasteiger partial charge in [0, 0.05) is 19.3 Å². The Morgan fingerprint density at radius 1 is 0.972 bits per heavy atom. The lowest BCUT2D eigenvalue weighted by Crippen LogP contribution is -2.32. The van der Waals surface area contributed by atoms with E-state index < -0.39 is 5.97 Å². The molecular weight excluding hydrogens is 446 g/mol. The SMILES string of the molecule is CN(CCCc1ccccc1)c1cccc(COc2ccc3c(c2)C2(CC3)CCC(C(=O)O)CC2)c1. The maximum atomic E-state index is 11.4. The first-order chi connectivity index (χ1) is 17.5. The van der Waals surface area contributed by atoms with Crippen LogP contribution in [0.5, 0.6) is 5.75 Å². The number of carbonyl (C=O) groups is 1. The zero-order valence-corrected chi connectivity index (χ0v) is 21.3. The van der Waals surface area contributed by atoms with Crippen LogP contribution in [0.3, 0.4) is 0 Å². The molecule has 0 amide bonds. The predicted octanol–water partition coefficient (Wildman–Crippen LogP) is 6.79. The lowest BCUT2D eigenvalue weighted by molar-refractivity contribution is -0.143. The summed E-state index contributed by atoms with van der Waals surface area (Å²) in [7, 11) is 2.16. The second-order valence-electron chi connectivity index (χ2n) is 10.7. The predicted molar refractivity (Wildman–Crippen MR) is 145 cm³/mol. The topological polar surface area (TPSA) is 49.8 Å². The fourth-order valence-electron chi connectivity index (χ4n) is 6.15. The third-order valence-electron chi connectivity index (χ3n) is 8.38. The van der Waals surface area contributed by atoms with Gasteiger partial charge in [0.2, 0.25) is 0 Å². The molecule has 1 saturated carbocycles. The molecule has 0 atom stereocenters. The minimum absolute atomic E-state index is 0.142. The van der Waals surface area contributed by atoms with Crippen LogP contribution in [0, 0.1) is 5.92 Å². The molecular formula is C32H37NO3. The number of carboxylic acids is 1. The van der Waals surface area contributed by atoms with E-state index in [0.717, 1.165) is 63.7 Å². The number of nitrogens with zero attached hydrogens (tertiary/aromatic N) is 1. The highest BCUT2D eigenvalue weighted by atomic mass is 16.5. The van der Waals surface area contributed by atoms with E-state index in [2.05, 4.69) is 84.7 Å². The van der Waals surface area contributed by atoms with Crippen molar-refractivity contribution in [2.24, 2.45) is 5.92 Å². The summed E-state index contributed by atoms with van der Waals surface area (Å²) in [5.41, 5.74) is 6.72. The molecule has 4 nitrogen and oxygen atoms in total. The monoisotopic (exact) mass is 483 g/mol. The van der Waals surface area contributed by atoms with Crippen LogP contribution >= 0.6 is 0 Å². The number of benzene rings is 3. The summed E-state index contributed by atoms with van der Waals surface area (Å²) in [5, 5.41) is 9.41. The van der Waals surface area contributed by atoms with Gasteiger partial charge in [-0.15, -0.1) is 0 Å². The Bertz CT molecular complexity index is 1180. The summed E-state index contributed by atoms with van der Waals surface area (Å²) in [5.74, 6) is 0.101. The van der Waals surface area contributed by atoms with Crippen molar-refractivity contribution in [3.8, 4) is 5.75 Å². The van der Waals surface area contributed by atoms with Crippen molar-refractivity contribution in [3.05, 3.63) is 95.1 Å². The summed E-state index contributed by atoms with van der Waals surface area (Å²) in [6.45, 7) is 1.55. The quantitative estimate of drug-likeness (QED) is 0.364. The highest BCUT2D eigenvalue weighted by molar-refractivity contribution is 5.70. The summed E-state index contributed by atoms with van der Waals surface area (Å²) in [6.07, 6.45) is 7.94. The molecule has 4 heteroatoms. The van der Waals surface area contributed by atoms with E-state index in [0.29, 0.717) is 6.61 Å². The minimum Gasteiger partial charge on any atom is -0.489 e. The zero-order chi connectivity index (χ0) is 25.0. The number of anilines is 1. The summed E-state index contributed by atoms with van der Waals surface area (Å²) in [6, 6.07) is 25.9. The number of aryl methyl sites for hydroxylation is 2. The third-order valence-corrected chi connectivity index (χ3v) is 8.38. The highest BCUT2D eigenvalue weighted by Crippen LogP contribution is 2.50.